The number of hydrogen-bond acceptors (Lipinski definition) is 4. The molecule has 0 unspecified atom stereocenters. The van der Waals surface area contributed by atoms with E-state index in [9.17, 15) is 54.3 Å². The van der Waals surface area contributed by atoms with Crippen LogP contribution in [0.1, 0.15) is 101 Å². The molecule has 0 N–H and O–H groups in total. The lowest BCUT2D eigenvalue weighted by Gasteiger charge is -2.38. The molecule has 0 atom stereocenters. The van der Waals surface area contributed by atoms with Gasteiger partial charge in [0.2, 0.25) is 5.41 Å². The van der Waals surface area contributed by atoms with Gasteiger partial charge in [-0.15, -0.1) is 0 Å². The summed E-state index contributed by atoms with van der Waals surface area (Å²) in [6.45, 7) is 7.37. The van der Waals surface area contributed by atoms with Crippen LogP contribution in [0.3, 0.4) is 0 Å². The molecule has 0 aliphatic carbocycles. The fraction of sp³-hybridized carbons (Fsp3) is 0.467. The summed E-state index contributed by atoms with van der Waals surface area (Å²) in [6.07, 6.45) is -13.1. The first kappa shape index (κ1) is 33.1. The Morgan fingerprint density at radius 3 is 1.36 bits per heavy atom. The number of benzene rings is 2. The molecule has 0 spiro atoms. The highest BCUT2D eigenvalue weighted by atomic mass is 19.4. The van der Waals surface area contributed by atoms with E-state index in [1.807, 2.05) is 0 Å². The highest BCUT2D eigenvalue weighted by Crippen LogP contribution is 2.57. The number of carbonyl (C=O) groups excluding carboxylic acids is 4. The summed E-state index contributed by atoms with van der Waals surface area (Å²) in [5, 5.41) is 0. The number of rotatable bonds is 5. The minimum atomic E-state index is -6.14. The van der Waals surface area contributed by atoms with Crippen LogP contribution in [-0.4, -0.2) is 63.8 Å². The number of carbonyl (C=O) groups is 4. The molecule has 0 bridgehead atoms. The first-order valence-electron chi connectivity index (χ1n) is 13.3. The second kappa shape index (κ2) is 9.83. The van der Waals surface area contributed by atoms with Gasteiger partial charge in [-0.1, -0.05) is 32.9 Å². The zero-order chi connectivity index (χ0) is 33.6. The Hall–Kier alpha value is -3.84. The van der Waals surface area contributed by atoms with Crippen molar-refractivity contribution in [2.24, 2.45) is 5.41 Å². The number of amides is 4. The van der Waals surface area contributed by atoms with E-state index in [2.05, 4.69) is 0 Å². The Bertz CT molecular complexity index is 1570. The second-order valence-electron chi connectivity index (χ2n) is 13.2. The molecular weight excluding hydrogens is 604 g/mol. The predicted octanol–water partition coefficient (Wildman–Crippen LogP) is 7.16. The van der Waals surface area contributed by atoms with Crippen LogP contribution in [0.5, 0.6) is 0 Å². The molecule has 0 saturated carbocycles. The van der Waals surface area contributed by atoms with E-state index in [0.717, 1.165) is 0 Å². The van der Waals surface area contributed by atoms with Gasteiger partial charge in [0.1, 0.15) is 0 Å². The molecular formula is C30H28F8N2O4. The Morgan fingerprint density at radius 2 is 0.955 bits per heavy atom. The molecule has 2 aliphatic rings. The van der Waals surface area contributed by atoms with E-state index in [-0.39, 0.29) is 11.0 Å². The molecule has 0 fully saturated rings. The standard InChI is InChI=1S/C30H28F8N2O4/c1-25(2,3)13-27(31,32)14-39-21(41)17-9-7-15(11-19(17)22(39)42)28(29(33,34)35,30(36,37)38)16-8-10-18-20(12-16)24(44)40(23(18)43)26(4,5)6/h7-12H,13-14H2,1-6H3. The predicted molar refractivity (Wildman–Crippen MR) is 140 cm³/mol. The molecule has 6 nitrogen and oxygen atoms in total. The van der Waals surface area contributed by atoms with Crippen LogP contribution in [0.15, 0.2) is 36.4 Å². The molecule has 4 amide bonds. The number of alkyl halides is 8. The van der Waals surface area contributed by atoms with Crippen LogP contribution in [0.2, 0.25) is 0 Å². The third kappa shape index (κ3) is 5.15. The SMILES string of the molecule is CC(C)(C)CC(F)(F)CN1C(=O)c2ccc(C(c3ccc4c(c3)C(=O)N(C(C)(C)C)C4=O)(C(F)(F)F)C(F)(F)F)cc2C1=O. The Balaban J connectivity index is 1.89. The number of imide groups is 2. The van der Waals surface area contributed by atoms with Crippen molar-refractivity contribution in [2.45, 2.75) is 77.2 Å². The maximum Gasteiger partial charge on any atom is 0.411 e. The fourth-order valence-electron chi connectivity index (χ4n) is 5.80. The third-order valence-corrected chi connectivity index (χ3v) is 7.42. The van der Waals surface area contributed by atoms with Gasteiger partial charge in [0.25, 0.3) is 29.6 Å². The molecule has 0 aromatic heterocycles. The summed E-state index contributed by atoms with van der Waals surface area (Å²) in [5.41, 5.74) is -12.6. The zero-order valence-corrected chi connectivity index (χ0v) is 24.4. The average Bonchev–Trinajstić information content (AvgIpc) is 3.20. The second-order valence-corrected chi connectivity index (χ2v) is 13.2. The van der Waals surface area contributed by atoms with Crippen molar-refractivity contribution in [2.75, 3.05) is 6.54 Å². The Labute approximate surface area is 247 Å². The van der Waals surface area contributed by atoms with Crippen molar-refractivity contribution in [1.29, 1.82) is 0 Å². The van der Waals surface area contributed by atoms with Gasteiger partial charge in [-0.25, -0.2) is 8.78 Å². The third-order valence-electron chi connectivity index (χ3n) is 7.42. The first-order chi connectivity index (χ1) is 19.7. The monoisotopic (exact) mass is 632 g/mol. The van der Waals surface area contributed by atoms with Crippen LogP contribution in [-0.2, 0) is 5.41 Å². The fourth-order valence-corrected chi connectivity index (χ4v) is 5.80. The summed E-state index contributed by atoms with van der Waals surface area (Å²) in [7, 11) is 0. The van der Waals surface area contributed by atoms with E-state index in [4.69, 9.17) is 0 Å². The quantitative estimate of drug-likeness (QED) is 0.259. The molecule has 2 aliphatic heterocycles. The normalized spacial score (nSPS) is 16.7. The molecule has 238 valence electrons. The van der Waals surface area contributed by atoms with Gasteiger partial charge >= 0.3 is 12.4 Å². The van der Waals surface area contributed by atoms with Gasteiger partial charge in [0.05, 0.1) is 28.8 Å². The lowest BCUT2D eigenvalue weighted by atomic mass is 9.71. The van der Waals surface area contributed by atoms with Crippen LogP contribution in [0, 0.1) is 5.41 Å². The van der Waals surface area contributed by atoms with Crippen LogP contribution in [0.4, 0.5) is 35.1 Å². The van der Waals surface area contributed by atoms with Gasteiger partial charge in [0, 0.05) is 12.0 Å². The maximum absolute atomic E-state index is 14.9. The van der Waals surface area contributed by atoms with E-state index < -0.39 is 105 Å². The summed E-state index contributed by atoms with van der Waals surface area (Å²) >= 11 is 0. The number of nitrogens with zero attached hydrogens (tertiary/aromatic N) is 2. The van der Waals surface area contributed by atoms with Crippen molar-refractivity contribution >= 4 is 23.6 Å². The molecule has 2 heterocycles. The van der Waals surface area contributed by atoms with Crippen molar-refractivity contribution in [1.82, 2.24) is 9.80 Å². The minimum Gasteiger partial charge on any atom is -0.269 e. The average molecular weight is 633 g/mol. The van der Waals surface area contributed by atoms with Crippen molar-refractivity contribution < 1.29 is 54.3 Å². The molecule has 44 heavy (non-hydrogen) atoms. The lowest BCUT2D eigenvalue weighted by Crippen LogP contribution is -2.55. The van der Waals surface area contributed by atoms with Crippen LogP contribution >= 0.6 is 0 Å². The largest absolute Gasteiger partial charge is 0.411 e. The number of hydrogen-bond donors (Lipinski definition) is 0. The van der Waals surface area contributed by atoms with Gasteiger partial charge in [0.15, 0.2) is 0 Å². The Morgan fingerprint density at radius 1 is 0.568 bits per heavy atom. The lowest BCUT2D eigenvalue weighted by molar-refractivity contribution is -0.288. The smallest absolute Gasteiger partial charge is 0.269 e. The Kier molecular flexibility index (Phi) is 7.39. The molecule has 0 saturated heterocycles. The topological polar surface area (TPSA) is 74.8 Å². The summed E-state index contributed by atoms with van der Waals surface area (Å²) in [4.78, 5) is 52.5. The molecule has 2 aromatic carbocycles. The van der Waals surface area contributed by atoms with E-state index in [0.29, 0.717) is 35.2 Å². The van der Waals surface area contributed by atoms with E-state index in [1.165, 1.54) is 41.5 Å². The van der Waals surface area contributed by atoms with Gasteiger partial charge in [-0.2, -0.15) is 26.3 Å². The molecule has 14 heteroatoms. The summed E-state index contributed by atoms with van der Waals surface area (Å²) in [5.74, 6) is -8.38. The van der Waals surface area contributed by atoms with Gasteiger partial charge in [-0.3, -0.25) is 29.0 Å². The minimum absolute atomic E-state index is 0.101. The molecule has 4 rings (SSSR count). The number of fused-ring (bicyclic) bond motifs is 2. The van der Waals surface area contributed by atoms with Crippen molar-refractivity contribution in [3.8, 4) is 0 Å². The van der Waals surface area contributed by atoms with Gasteiger partial charge in [-0.05, 0) is 61.6 Å². The first-order valence-corrected chi connectivity index (χ1v) is 13.3. The van der Waals surface area contributed by atoms with Crippen LogP contribution < -0.4 is 0 Å². The summed E-state index contributed by atoms with van der Waals surface area (Å²) < 4.78 is 119. The van der Waals surface area contributed by atoms with E-state index >= 15 is 0 Å². The highest BCUT2D eigenvalue weighted by molar-refractivity contribution is 6.22. The van der Waals surface area contributed by atoms with Crippen molar-refractivity contribution in [3.63, 3.8) is 0 Å². The zero-order valence-electron chi connectivity index (χ0n) is 24.4. The molecule has 0 radical (unpaired) electrons. The summed E-state index contributed by atoms with van der Waals surface area (Å²) in [6, 6.07) is 2.61. The van der Waals surface area contributed by atoms with Crippen molar-refractivity contribution in [3.05, 3.63) is 69.8 Å². The van der Waals surface area contributed by atoms with Crippen LogP contribution in [0.25, 0.3) is 0 Å². The molecule has 2 aromatic rings. The highest BCUT2D eigenvalue weighted by Gasteiger charge is 2.73. The number of halogens is 8. The maximum atomic E-state index is 14.9. The van der Waals surface area contributed by atoms with E-state index in [1.54, 1.807) is 0 Å². The van der Waals surface area contributed by atoms with Gasteiger partial charge < -0.3 is 0 Å².